The normalized spacial score (nSPS) is 11.8. The predicted molar refractivity (Wildman–Crippen MR) is 78.2 cm³/mol. The molecule has 0 spiro atoms. The molecule has 0 aliphatic rings. The number of amides is 1. The maximum Gasteiger partial charge on any atom is 0.251 e. The molecule has 19 heavy (non-hydrogen) atoms. The van der Waals surface area contributed by atoms with Crippen molar-refractivity contribution in [1.82, 2.24) is 5.32 Å². The Morgan fingerprint density at radius 3 is 2.16 bits per heavy atom. The monoisotopic (exact) mass is 253 g/mol. The summed E-state index contributed by atoms with van der Waals surface area (Å²) >= 11 is 0. The number of benzene rings is 2. The second-order valence-corrected chi connectivity index (χ2v) is 4.59. The summed E-state index contributed by atoms with van der Waals surface area (Å²) < 4.78 is 0. The quantitative estimate of drug-likeness (QED) is 0.866. The summed E-state index contributed by atoms with van der Waals surface area (Å²) in [6.07, 6.45) is 1.01. The van der Waals surface area contributed by atoms with Crippen LogP contribution in [0.1, 0.15) is 35.2 Å². The second kappa shape index (κ2) is 6.74. The van der Waals surface area contributed by atoms with E-state index in [-0.39, 0.29) is 5.91 Å². The lowest BCUT2D eigenvalue weighted by Gasteiger charge is -2.16. The van der Waals surface area contributed by atoms with Gasteiger partial charge in [0.05, 0.1) is 0 Å². The Balaban J connectivity index is 1.96. The van der Waals surface area contributed by atoms with Gasteiger partial charge in [-0.3, -0.25) is 4.79 Å². The third-order valence-corrected chi connectivity index (χ3v) is 3.31. The molecule has 1 amide bonds. The van der Waals surface area contributed by atoms with Gasteiger partial charge in [-0.1, -0.05) is 55.5 Å². The van der Waals surface area contributed by atoms with E-state index in [2.05, 4.69) is 24.4 Å². The van der Waals surface area contributed by atoms with Crippen LogP contribution >= 0.6 is 0 Å². The Morgan fingerprint density at radius 1 is 1.00 bits per heavy atom. The summed E-state index contributed by atoms with van der Waals surface area (Å²) in [7, 11) is 0. The molecule has 1 N–H and O–H groups in total. The van der Waals surface area contributed by atoms with Crippen LogP contribution in [0.15, 0.2) is 60.7 Å². The molecular weight excluding hydrogens is 234 g/mol. The Bertz CT molecular complexity index is 507. The molecule has 0 unspecified atom stereocenters. The van der Waals surface area contributed by atoms with Gasteiger partial charge in [0.1, 0.15) is 0 Å². The molecule has 0 saturated heterocycles. The first-order chi connectivity index (χ1) is 9.31. The topological polar surface area (TPSA) is 29.1 Å². The highest BCUT2D eigenvalue weighted by atomic mass is 16.1. The molecule has 0 heterocycles. The number of hydrogen-bond acceptors (Lipinski definition) is 1. The number of hydrogen-bond donors (Lipinski definition) is 1. The average molecular weight is 253 g/mol. The largest absolute Gasteiger partial charge is 0.351 e. The molecule has 0 aliphatic carbocycles. The summed E-state index contributed by atoms with van der Waals surface area (Å²) in [5.74, 6) is 0.365. The van der Waals surface area contributed by atoms with Crippen LogP contribution in [0.25, 0.3) is 0 Å². The molecular formula is C17H19NO. The maximum atomic E-state index is 12.0. The van der Waals surface area contributed by atoms with Gasteiger partial charge >= 0.3 is 0 Å². The van der Waals surface area contributed by atoms with Crippen LogP contribution in [-0.2, 0) is 0 Å². The van der Waals surface area contributed by atoms with Crippen molar-refractivity contribution in [2.24, 2.45) is 0 Å². The van der Waals surface area contributed by atoms with Gasteiger partial charge in [0, 0.05) is 18.0 Å². The Kier molecular flexibility index (Phi) is 4.73. The average Bonchev–Trinajstić information content (AvgIpc) is 2.49. The fraction of sp³-hybridized carbons (Fsp3) is 0.235. The smallest absolute Gasteiger partial charge is 0.251 e. The lowest BCUT2D eigenvalue weighted by atomic mass is 9.96. The summed E-state index contributed by atoms with van der Waals surface area (Å²) in [5.41, 5.74) is 1.99. The molecule has 0 aromatic heterocycles. The van der Waals surface area contributed by atoms with Gasteiger partial charge < -0.3 is 5.32 Å². The zero-order valence-electron chi connectivity index (χ0n) is 11.2. The third kappa shape index (κ3) is 3.68. The van der Waals surface area contributed by atoms with Gasteiger partial charge in [-0.2, -0.15) is 0 Å². The van der Waals surface area contributed by atoms with Crippen LogP contribution in [0.4, 0.5) is 0 Å². The zero-order chi connectivity index (χ0) is 13.5. The highest BCUT2D eigenvalue weighted by molar-refractivity contribution is 5.94. The fourth-order valence-corrected chi connectivity index (χ4v) is 2.13. The highest BCUT2D eigenvalue weighted by Gasteiger charge is 2.11. The van der Waals surface area contributed by atoms with Crippen molar-refractivity contribution >= 4 is 5.91 Å². The van der Waals surface area contributed by atoms with Crippen molar-refractivity contribution in [3.05, 3.63) is 71.8 Å². The molecule has 2 heteroatoms. The number of nitrogens with one attached hydrogen (secondary N) is 1. The van der Waals surface area contributed by atoms with Crippen LogP contribution in [0.5, 0.6) is 0 Å². The Labute approximate surface area is 114 Å². The van der Waals surface area contributed by atoms with Crippen molar-refractivity contribution in [3.63, 3.8) is 0 Å². The zero-order valence-corrected chi connectivity index (χ0v) is 11.2. The first kappa shape index (κ1) is 13.3. The van der Waals surface area contributed by atoms with E-state index < -0.39 is 0 Å². The second-order valence-electron chi connectivity index (χ2n) is 4.59. The van der Waals surface area contributed by atoms with E-state index >= 15 is 0 Å². The van der Waals surface area contributed by atoms with Crippen molar-refractivity contribution < 1.29 is 4.79 Å². The fourth-order valence-electron chi connectivity index (χ4n) is 2.13. The van der Waals surface area contributed by atoms with Crippen molar-refractivity contribution in [2.75, 3.05) is 6.54 Å². The van der Waals surface area contributed by atoms with Crippen LogP contribution < -0.4 is 5.32 Å². The third-order valence-electron chi connectivity index (χ3n) is 3.31. The predicted octanol–water partition coefficient (Wildman–Crippen LogP) is 3.61. The lowest BCUT2D eigenvalue weighted by Crippen LogP contribution is -2.28. The molecule has 0 aliphatic heterocycles. The number of carbonyl (C=O) groups excluding carboxylic acids is 1. The van der Waals surface area contributed by atoms with E-state index in [4.69, 9.17) is 0 Å². The summed E-state index contributed by atoms with van der Waals surface area (Å²) in [4.78, 5) is 12.0. The number of carbonyl (C=O) groups is 1. The summed E-state index contributed by atoms with van der Waals surface area (Å²) in [6, 6.07) is 19.7. The summed E-state index contributed by atoms with van der Waals surface area (Å²) in [6.45, 7) is 2.82. The highest BCUT2D eigenvalue weighted by Crippen LogP contribution is 2.18. The molecule has 98 valence electrons. The molecule has 1 atom stereocenters. The molecule has 0 saturated carbocycles. The molecule has 2 nitrogen and oxygen atoms in total. The van der Waals surface area contributed by atoms with Crippen LogP contribution in [-0.4, -0.2) is 12.5 Å². The van der Waals surface area contributed by atoms with E-state index in [1.54, 1.807) is 0 Å². The van der Waals surface area contributed by atoms with Gasteiger partial charge in [0.25, 0.3) is 5.91 Å². The minimum absolute atomic E-state index is 0.00465. The molecule has 0 fully saturated rings. The van der Waals surface area contributed by atoms with Crippen molar-refractivity contribution in [1.29, 1.82) is 0 Å². The Hall–Kier alpha value is -2.09. The van der Waals surface area contributed by atoms with E-state index in [1.165, 1.54) is 5.56 Å². The van der Waals surface area contributed by atoms with E-state index in [9.17, 15) is 4.79 Å². The van der Waals surface area contributed by atoms with Crippen LogP contribution in [0, 0.1) is 0 Å². The number of rotatable bonds is 5. The lowest BCUT2D eigenvalue weighted by molar-refractivity contribution is 0.0951. The van der Waals surface area contributed by atoms with Crippen molar-refractivity contribution in [2.45, 2.75) is 19.3 Å². The van der Waals surface area contributed by atoms with Crippen molar-refractivity contribution in [3.8, 4) is 0 Å². The van der Waals surface area contributed by atoms with E-state index in [0.29, 0.717) is 18.0 Å². The van der Waals surface area contributed by atoms with Gasteiger partial charge in [-0.25, -0.2) is 0 Å². The minimum Gasteiger partial charge on any atom is -0.351 e. The minimum atomic E-state index is -0.00465. The SMILES string of the molecule is CC[C@@H](CNC(=O)c1ccccc1)c1ccccc1. The summed E-state index contributed by atoms with van der Waals surface area (Å²) in [5, 5.41) is 3.01. The molecule has 2 aromatic carbocycles. The first-order valence-corrected chi connectivity index (χ1v) is 6.69. The Morgan fingerprint density at radius 2 is 1.58 bits per heavy atom. The maximum absolute atomic E-state index is 12.0. The molecule has 0 bridgehead atoms. The molecule has 0 radical (unpaired) electrons. The molecule has 2 aromatic rings. The van der Waals surface area contributed by atoms with Gasteiger partial charge in [-0.15, -0.1) is 0 Å². The van der Waals surface area contributed by atoms with E-state index in [0.717, 1.165) is 6.42 Å². The first-order valence-electron chi connectivity index (χ1n) is 6.69. The van der Waals surface area contributed by atoms with E-state index in [1.807, 2.05) is 48.5 Å². The molecule has 2 rings (SSSR count). The van der Waals surface area contributed by atoms with Gasteiger partial charge in [0.15, 0.2) is 0 Å². The van der Waals surface area contributed by atoms with Crippen LogP contribution in [0.3, 0.4) is 0 Å². The van der Waals surface area contributed by atoms with Gasteiger partial charge in [0.2, 0.25) is 0 Å². The van der Waals surface area contributed by atoms with Crippen LogP contribution in [0.2, 0.25) is 0 Å². The standard InChI is InChI=1S/C17H19NO/c1-2-14(15-9-5-3-6-10-15)13-18-17(19)16-11-7-4-8-12-16/h3-12,14H,2,13H2,1H3,(H,18,19)/t14-/m0/s1. The van der Waals surface area contributed by atoms with Gasteiger partial charge in [-0.05, 0) is 24.1 Å².